The molecule has 216 valence electrons. The lowest BCUT2D eigenvalue weighted by Crippen LogP contribution is -2.03. The molecule has 4 nitrogen and oxygen atoms in total. The van der Waals surface area contributed by atoms with Crippen molar-refractivity contribution in [3.63, 3.8) is 0 Å². The minimum atomic E-state index is -0.771. The SMILES string of the molecule is CC(C)Cc1cc(-c2ccc(-c3ccc(CCC(=O)O)cc3CC(C)C)cc2Cc2ccccc2)ccc1OCC#N. The first kappa shape index (κ1) is 30.6. The normalized spacial score (nSPS) is 11.1. The molecule has 0 aliphatic heterocycles. The summed E-state index contributed by atoms with van der Waals surface area (Å²) in [4.78, 5) is 11.2. The first-order valence-corrected chi connectivity index (χ1v) is 14.9. The van der Waals surface area contributed by atoms with Crippen LogP contribution in [-0.2, 0) is 30.5 Å². The molecule has 42 heavy (non-hydrogen) atoms. The lowest BCUT2D eigenvalue weighted by atomic mass is 9.87. The standard InChI is InChI=1S/C38H41NO3/c1-26(2)20-32-23-29(11-17-38(40)41)10-14-35(32)30-12-15-36(33(24-30)22-28-8-6-5-7-9-28)31-13-16-37(42-19-18-39)34(25-31)21-27(3)4/h5-10,12-16,23-27H,11,17,19-22H2,1-4H3,(H,40,41). The van der Waals surface area contributed by atoms with Crippen LogP contribution in [0.15, 0.2) is 84.9 Å². The Morgan fingerprint density at radius 3 is 2.05 bits per heavy atom. The Balaban J connectivity index is 1.81. The fourth-order valence-corrected chi connectivity index (χ4v) is 5.55. The Hall–Kier alpha value is -4.36. The van der Waals surface area contributed by atoms with Gasteiger partial charge < -0.3 is 9.84 Å². The molecule has 4 heteroatoms. The number of carboxylic acids is 1. The third-order valence-corrected chi connectivity index (χ3v) is 7.37. The average Bonchev–Trinajstić information content (AvgIpc) is 2.95. The number of aliphatic carboxylic acids is 1. The maximum Gasteiger partial charge on any atom is 0.303 e. The van der Waals surface area contributed by atoms with E-state index >= 15 is 0 Å². The Kier molecular flexibility index (Phi) is 10.6. The van der Waals surface area contributed by atoms with Gasteiger partial charge >= 0.3 is 5.97 Å². The highest BCUT2D eigenvalue weighted by molar-refractivity contribution is 5.77. The van der Waals surface area contributed by atoms with Crippen molar-refractivity contribution in [1.29, 1.82) is 5.26 Å². The number of nitriles is 1. The van der Waals surface area contributed by atoms with E-state index in [1.54, 1.807) is 0 Å². The van der Waals surface area contributed by atoms with Crippen molar-refractivity contribution in [3.05, 3.63) is 113 Å². The predicted octanol–water partition coefficient (Wildman–Crippen LogP) is 8.93. The molecule has 0 fully saturated rings. The minimum Gasteiger partial charge on any atom is -0.481 e. The van der Waals surface area contributed by atoms with E-state index in [4.69, 9.17) is 10.00 Å². The fourth-order valence-electron chi connectivity index (χ4n) is 5.55. The van der Waals surface area contributed by atoms with Crippen molar-refractivity contribution in [2.24, 2.45) is 11.8 Å². The van der Waals surface area contributed by atoms with E-state index in [2.05, 4.69) is 107 Å². The number of carbonyl (C=O) groups is 1. The van der Waals surface area contributed by atoms with Crippen LogP contribution in [0, 0.1) is 23.2 Å². The third-order valence-electron chi connectivity index (χ3n) is 7.37. The summed E-state index contributed by atoms with van der Waals surface area (Å²) in [5, 5.41) is 18.2. The summed E-state index contributed by atoms with van der Waals surface area (Å²) in [6.07, 6.45) is 3.26. The van der Waals surface area contributed by atoms with Crippen LogP contribution in [0.5, 0.6) is 5.75 Å². The smallest absolute Gasteiger partial charge is 0.303 e. The molecule has 0 aromatic heterocycles. The van der Waals surface area contributed by atoms with E-state index in [9.17, 15) is 9.90 Å². The van der Waals surface area contributed by atoms with E-state index < -0.39 is 5.97 Å². The molecule has 4 aromatic carbocycles. The molecule has 0 amide bonds. The Labute approximate surface area is 250 Å². The maximum atomic E-state index is 11.2. The molecule has 0 spiro atoms. The molecule has 4 rings (SSSR count). The van der Waals surface area contributed by atoms with Gasteiger partial charge in [-0.15, -0.1) is 0 Å². The highest BCUT2D eigenvalue weighted by Gasteiger charge is 2.15. The number of rotatable bonds is 13. The van der Waals surface area contributed by atoms with Gasteiger partial charge in [0.15, 0.2) is 6.61 Å². The van der Waals surface area contributed by atoms with Crippen molar-refractivity contribution in [1.82, 2.24) is 0 Å². The summed E-state index contributed by atoms with van der Waals surface area (Å²) < 4.78 is 5.77. The second-order valence-electron chi connectivity index (χ2n) is 11.9. The van der Waals surface area contributed by atoms with Crippen LogP contribution in [0.3, 0.4) is 0 Å². The molecule has 0 saturated carbocycles. The average molecular weight is 560 g/mol. The minimum absolute atomic E-state index is 0.0339. The van der Waals surface area contributed by atoms with Gasteiger partial charge in [0, 0.05) is 6.42 Å². The van der Waals surface area contributed by atoms with Crippen LogP contribution >= 0.6 is 0 Å². The second kappa shape index (κ2) is 14.5. The summed E-state index contributed by atoms with van der Waals surface area (Å²) in [5.41, 5.74) is 10.6. The molecule has 0 unspecified atom stereocenters. The Bertz CT molecular complexity index is 1550. The highest BCUT2D eigenvalue weighted by atomic mass is 16.5. The molecule has 0 saturated heterocycles. The van der Waals surface area contributed by atoms with Gasteiger partial charge in [-0.1, -0.05) is 100 Å². The van der Waals surface area contributed by atoms with Crippen molar-refractivity contribution in [3.8, 4) is 34.1 Å². The lowest BCUT2D eigenvalue weighted by Gasteiger charge is -2.18. The van der Waals surface area contributed by atoms with Crippen LogP contribution in [-0.4, -0.2) is 17.7 Å². The van der Waals surface area contributed by atoms with Crippen LogP contribution in [0.25, 0.3) is 22.3 Å². The Morgan fingerprint density at radius 1 is 0.762 bits per heavy atom. The van der Waals surface area contributed by atoms with E-state index in [1.807, 2.05) is 12.1 Å². The van der Waals surface area contributed by atoms with Crippen molar-refractivity contribution >= 4 is 5.97 Å². The van der Waals surface area contributed by atoms with E-state index in [0.717, 1.165) is 41.7 Å². The van der Waals surface area contributed by atoms with Crippen molar-refractivity contribution < 1.29 is 14.6 Å². The summed E-state index contributed by atoms with van der Waals surface area (Å²) in [6.45, 7) is 8.86. The fraction of sp³-hybridized carbons (Fsp3) is 0.316. The topological polar surface area (TPSA) is 70.3 Å². The molecule has 4 aromatic rings. The third kappa shape index (κ3) is 8.33. The van der Waals surface area contributed by atoms with Crippen LogP contribution in [0.2, 0.25) is 0 Å². The lowest BCUT2D eigenvalue weighted by molar-refractivity contribution is -0.136. The first-order valence-electron chi connectivity index (χ1n) is 14.9. The molecular formula is C38H41NO3. The predicted molar refractivity (Wildman–Crippen MR) is 171 cm³/mol. The number of ether oxygens (including phenoxy) is 1. The van der Waals surface area contributed by atoms with E-state index in [-0.39, 0.29) is 13.0 Å². The summed E-state index contributed by atoms with van der Waals surface area (Å²) in [5.74, 6) is 0.930. The van der Waals surface area contributed by atoms with Gasteiger partial charge in [-0.2, -0.15) is 5.26 Å². The van der Waals surface area contributed by atoms with Gasteiger partial charge in [-0.3, -0.25) is 4.79 Å². The van der Waals surface area contributed by atoms with Crippen molar-refractivity contribution in [2.45, 2.75) is 59.8 Å². The Morgan fingerprint density at radius 2 is 1.38 bits per heavy atom. The molecule has 0 bridgehead atoms. The monoisotopic (exact) mass is 559 g/mol. The highest BCUT2D eigenvalue weighted by Crippen LogP contribution is 2.35. The molecule has 0 aliphatic rings. The molecule has 0 heterocycles. The van der Waals surface area contributed by atoms with Crippen LogP contribution < -0.4 is 4.74 Å². The first-order chi connectivity index (χ1) is 20.2. The van der Waals surface area contributed by atoms with E-state index in [0.29, 0.717) is 18.3 Å². The van der Waals surface area contributed by atoms with Gasteiger partial charge in [0.2, 0.25) is 0 Å². The number of hydrogen-bond acceptors (Lipinski definition) is 3. The second-order valence-corrected chi connectivity index (χ2v) is 11.9. The maximum absolute atomic E-state index is 11.2. The van der Waals surface area contributed by atoms with Gasteiger partial charge in [0.05, 0.1) is 0 Å². The number of carboxylic acid groups (broad SMARTS) is 1. The summed E-state index contributed by atoms with van der Waals surface area (Å²) in [7, 11) is 0. The number of nitrogens with zero attached hydrogens (tertiary/aromatic N) is 1. The van der Waals surface area contributed by atoms with Crippen LogP contribution in [0.4, 0.5) is 0 Å². The van der Waals surface area contributed by atoms with Gasteiger partial charge in [-0.05, 0) is 99.7 Å². The quantitative estimate of drug-likeness (QED) is 0.177. The molecule has 0 radical (unpaired) electrons. The zero-order chi connectivity index (χ0) is 30.1. The number of benzene rings is 4. The summed E-state index contributed by atoms with van der Waals surface area (Å²) in [6, 6.07) is 32.1. The van der Waals surface area contributed by atoms with Gasteiger partial charge in [0.1, 0.15) is 11.8 Å². The largest absolute Gasteiger partial charge is 0.481 e. The van der Waals surface area contributed by atoms with E-state index in [1.165, 1.54) is 33.4 Å². The molecule has 1 N–H and O–H groups in total. The number of hydrogen-bond donors (Lipinski definition) is 1. The van der Waals surface area contributed by atoms with Crippen molar-refractivity contribution in [2.75, 3.05) is 6.61 Å². The zero-order valence-corrected chi connectivity index (χ0v) is 25.2. The van der Waals surface area contributed by atoms with Gasteiger partial charge in [-0.25, -0.2) is 0 Å². The molecule has 0 atom stereocenters. The van der Waals surface area contributed by atoms with Crippen LogP contribution in [0.1, 0.15) is 61.9 Å². The zero-order valence-electron chi connectivity index (χ0n) is 25.2. The molecule has 0 aliphatic carbocycles. The molecular weight excluding hydrogens is 518 g/mol. The number of aryl methyl sites for hydroxylation is 1. The van der Waals surface area contributed by atoms with Gasteiger partial charge in [0.25, 0.3) is 0 Å². The summed E-state index contributed by atoms with van der Waals surface area (Å²) >= 11 is 0.